The minimum absolute atomic E-state index is 0.0306. The molecule has 0 radical (unpaired) electrons. The monoisotopic (exact) mass is 1500 g/mol. The second kappa shape index (κ2) is 76.4. The topological polar surface area (TPSA) is 237 Å². The number of ether oxygens (including phenoxy) is 4. The SMILES string of the molecule is CC/C=C\C/C=C\C/C=C\C/C=C\C/C=C\C/C=C\CCC(=O)OCC(COP(=O)(O)OCC(O)COP(=O)(O)OCC(COC(=O)CCCCCCC/C=C\CCCCCCCC)OC(=O)CCCCCCC/C=C\CCCCCC)OC(=O)CCCCCCCCC/C=C\C/C=C\C/C=C\CC. The van der Waals surface area contributed by atoms with Crippen molar-refractivity contribution in [2.24, 2.45) is 0 Å². The Kier molecular flexibility index (Phi) is 72.9. The van der Waals surface area contributed by atoms with Gasteiger partial charge in [0, 0.05) is 25.7 Å². The number of phosphoric ester groups is 2. The van der Waals surface area contributed by atoms with Gasteiger partial charge >= 0.3 is 39.5 Å². The van der Waals surface area contributed by atoms with Crippen LogP contribution in [0.2, 0.25) is 0 Å². The number of rotatable bonds is 75. The summed E-state index contributed by atoms with van der Waals surface area (Å²) in [5.74, 6) is -2.30. The van der Waals surface area contributed by atoms with Crippen LogP contribution in [0.25, 0.3) is 0 Å². The number of carbonyl (C=O) groups excluding carboxylic acids is 4. The molecule has 0 aromatic carbocycles. The smallest absolute Gasteiger partial charge is 0.462 e. The summed E-state index contributed by atoms with van der Waals surface area (Å²) in [4.78, 5) is 73.0. The molecule has 5 unspecified atom stereocenters. The van der Waals surface area contributed by atoms with Gasteiger partial charge in [-0.15, -0.1) is 0 Å². The first-order chi connectivity index (χ1) is 50.7. The van der Waals surface area contributed by atoms with Gasteiger partial charge in [0.05, 0.1) is 26.4 Å². The van der Waals surface area contributed by atoms with Gasteiger partial charge in [-0.25, -0.2) is 9.13 Å². The molecule has 0 saturated carbocycles. The van der Waals surface area contributed by atoms with Crippen molar-refractivity contribution < 1.29 is 80.2 Å². The molecular formula is C85H144O17P2. The lowest BCUT2D eigenvalue weighted by Crippen LogP contribution is -2.30. The summed E-state index contributed by atoms with van der Waals surface area (Å²) in [6.07, 6.45) is 85.8. The molecule has 0 fully saturated rings. The normalized spacial score (nSPS) is 14.6. The van der Waals surface area contributed by atoms with Crippen molar-refractivity contribution in [3.63, 3.8) is 0 Å². The number of aliphatic hydroxyl groups is 1. The predicted octanol–water partition coefficient (Wildman–Crippen LogP) is 23.7. The second-order valence-electron chi connectivity index (χ2n) is 26.6. The van der Waals surface area contributed by atoms with Crippen molar-refractivity contribution in [2.45, 2.75) is 341 Å². The minimum atomic E-state index is -5.00. The van der Waals surface area contributed by atoms with Crippen molar-refractivity contribution in [1.29, 1.82) is 0 Å². The Balaban J connectivity index is 5.44. The van der Waals surface area contributed by atoms with Gasteiger partial charge in [0.1, 0.15) is 19.3 Å². The fourth-order valence-electron chi connectivity index (χ4n) is 10.5. The standard InChI is InChI=1S/C85H144O17P2/c1-5-9-13-17-21-25-29-33-36-38-39-41-43-47-50-54-58-62-66-70-83(88)96-76-81(102-85(90)72-68-64-60-56-52-48-44-40-37-34-30-26-22-18-14-10-6-2)78-100-104(93,94)98-74-79(86)73-97-103(91,92)99-77-80(101-84(89)71-67-63-59-55-51-45-32-28-24-20-16-12-8-4)75-95-82(87)69-65-61-57-53-49-46-42-35-31-27-23-19-15-11-7-3/h9-10,13-14,21-22,25-26,28,32-37,39,41-42,47,50,58,62,79-81,86H,5-8,11-12,15-20,23-24,27,29-31,38,40,43-46,48-49,51-57,59-61,63-78H2,1-4H3,(H,91,92)(H,93,94)/b13-9-,14-10-,25-21-,26-22-,32-28-,36-33-,37-34-,41-39-,42-35-,50-47-,62-58-. The van der Waals surface area contributed by atoms with Crippen molar-refractivity contribution in [1.82, 2.24) is 0 Å². The molecule has 104 heavy (non-hydrogen) atoms. The van der Waals surface area contributed by atoms with E-state index in [0.29, 0.717) is 32.1 Å². The molecule has 0 spiro atoms. The molecule has 0 heterocycles. The highest BCUT2D eigenvalue weighted by molar-refractivity contribution is 7.47. The molecular weight excluding hydrogens is 1350 g/mol. The summed E-state index contributed by atoms with van der Waals surface area (Å²) in [7, 11) is -9.99. The Bertz CT molecular complexity index is 2490. The second-order valence-corrected chi connectivity index (χ2v) is 29.5. The largest absolute Gasteiger partial charge is 0.472 e. The van der Waals surface area contributed by atoms with Gasteiger partial charge < -0.3 is 33.8 Å². The van der Waals surface area contributed by atoms with E-state index < -0.39 is 97.5 Å². The summed E-state index contributed by atoms with van der Waals surface area (Å²) < 4.78 is 68.5. The van der Waals surface area contributed by atoms with Gasteiger partial charge in [0.2, 0.25) is 0 Å². The number of hydrogen-bond donors (Lipinski definition) is 3. The van der Waals surface area contributed by atoms with Crippen LogP contribution in [0.5, 0.6) is 0 Å². The third-order valence-electron chi connectivity index (χ3n) is 16.6. The van der Waals surface area contributed by atoms with Crippen LogP contribution in [0, 0.1) is 0 Å². The Morgan fingerprint density at radius 1 is 0.279 bits per heavy atom. The van der Waals surface area contributed by atoms with Gasteiger partial charge in [-0.1, -0.05) is 283 Å². The van der Waals surface area contributed by atoms with E-state index in [1.54, 1.807) is 0 Å². The maximum absolute atomic E-state index is 13.1. The van der Waals surface area contributed by atoms with E-state index in [4.69, 9.17) is 37.0 Å². The maximum Gasteiger partial charge on any atom is 0.472 e. The van der Waals surface area contributed by atoms with E-state index in [1.807, 2.05) is 18.2 Å². The molecule has 3 N–H and O–H groups in total. The van der Waals surface area contributed by atoms with Gasteiger partial charge in [-0.05, 0) is 148 Å². The molecule has 19 heteroatoms. The number of hydrogen-bond acceptors (Lipinski definition) is 15. The molecule has 0 amide bonds. The average molecular weight is 1500 g/mol. The Labute approximate surface area is 631 Å². The zero-order valence-electron chi connectivity index (χ0n) is 65.2. The van der Waals surface area contributed by atoms with E-state index in [9.17, 15) is 43.2 Å². The maximum atomic E-state index is 13.1. The number of carbonyl (C=O) groups is 4. The molecule has 0 aliphatic heterocycles. The summed E-state index contributed by atoms with van der Waals surface area (Å²) in [5.41, 5.74) is 0. The molecule has 596 valence electrons. The molecule has 0 aromatic heterocycles. The lowest BCUT2D eigenvalue weighted by Gasteiger charge is -2.21. The van der Waals surface area contributed by atoms with Crippen LogP contribution < -0.4 is 0 Å². The van der Waals surface area contributed by atoms with Crippen LogP contribution in [0.3, 0.4) is 0 Å². The van der Waals surface area contributed by atoms with Crippen molar-refractivity contribution >= 4 is 39.5 Å². The molecule has 0 saturated heterocycles. The third kappa shape index (κ3) is 75.4. The van der Waals surface area contributed by atoms with Crippen LogP contribution in [-0.2, 0) is 65.4 Å². The molecule has 0 bridgehead atoms. The first-order valence-corrected chi connectivity index (χ1v) is 43.4. The Morgan fingerprint density at radius 3 is 0.846 bits per heavy atom. The number of phosphoric acid groups is 2. The van der Waals surface area contributed by atoms with Gasteiger partial charge in [0.25, 0.3) is 0 Å². The lowest BCUT2D eigenvalue weighted by molar-refractivity contribution is -0.161. The zero-order chi connectivity index (χ0) is 76.0. The van der Waals surface area contributed by atoms with E-state index >= 15 is 0 Å². The predicted molar refractivity (Wildman–Crippen MR) is 427 cm³/mol. The molecule has 0 rings (SSSR count). The third-order valence-corrected chi connectivity index (χ3v) is 18.5. The number of unbranched alkanes of at least 4 members (excludes halogenated alkanes) is 27. The Morgan fingerprint density at radius 2 is 0.519 bits per heavy atom. The molecule has 0 aliphatic rings. The van der Waals surface area contributed by atoms with Crippen LogP contribution in [0.15, 0.2) is 134 Å². The number of esters is 4. The Hall–Kier alpha value is -4.80. The first-order valence-electron chi connectivity index (χ1n) is 40.4. The van der Waals surface area contributed by atoms with Crippen molar-refractivity contribution in [2.75, 3.05) is 39.6 Å². The molecule has 17 nitrogen and oxygen atoms in total. The van der Waals surface area contributed by atoms with Crippen LogP contribution in [0.1, 0.15) is 323 Å². The summed E-state index contributed by atoms with van der Waals surface area (Å²) in [5, 5.41) is 10.6. The molecule has 5 atom stereocenters. The molecule has 0 aliphatic carbocycles. The minimum Gasteiger partial charge on any atom is -0.462 e. The lowest BCUT2D eigenvalue weighted by atomic mass is 10.1. The van der Waals surface area contributed by atoms with Crippen molar-refractivity contribution in [3.05, 3.63) is 134 Å². The van der Waals surface area contributed by atoms with E-state index in [0.717, 1.165) is 173 Å². The van der Waals surface area contributed by atoms with E-state index in [2.05, 4.69) is 143 Å². The summed E-state index contributed by atoms with van der Waals surface area (Å²) in [6, 6.07) is 0. The highest BCUT2D eigenvalue weighted by Crippen LogP contribution is 2.45. The zero-order valence-corrected chi connectivity index (χ0v) is 66.9. The van der Waals surface area contributed by atoms with Crippen LogP contribution >= 0.6 is 15.6 Å². The highest BCUT2D eigenvalue weighted by Gasteiger charge is 2.30. The van der Waals surface area contributed by atoms with E-state index in [1.165, 1.54) is 64.2 Å². The van der Waals surface area contributed by atoms with Crippen molar-refractivity contribution in [3.8, 4) is 0 Å². The van der Waals surface area contributed by atoms with Crippen LogP contribution in [0.4, 0.5) is 0 Å². The van der Waals surface area contributed by atoms with Crippen LogP contribution in [-0.4, -0.2) is 96.7 Å². The highest BCUT2D eigenvalue weighted by atomic mass is 31.2. The van der Waals surface area contributed by atoms with E-state index in [-0.39, 0.29) is 25.7 Å². The van der Waals surface area contributed by atoms with Gasteiger partial charge in [-0.2, -0.15) is 0 Å². The fraction of sp³-hybridized carbons (Fsp3) is 0.694. The quantitative estimate of drug-likeness (QED) is 0.0169. The average Bonchev–Trinajstić information content (AvgIpc) is 0.911. The number of allylic oxidation sites excluding steroid dienone is 22. The van der Waals surface area contributed by atoms with Gasteiger partial charge in [0.15, 0.2) is 12.2 Å². The fourth-order valence-corrected chi connectivity index (χ4v) is 12.1. The number of aliphatic hydroxyl groups excluding tert-OH is 1. The summed E-state index contributed by atoms with van der Waals surface area (Å²) in [6.45, 7) is 4.53. The van der Waals surface area contributed by atoms with Gasteiger partial charge in [-0.3, -0.25) is 37.3 Å². The first kappa shape index (κ1) is 99.2. The summed E-state index contributed by atoms with van der Waals surface area (Å²) >= 11 is 0. The molecule has 0 aromatic rings.